The molecular weight excluding hydrogens is 690 g/mol. The molecule has 1 saturated heterocycles. The second-order valence-corrected chi connectivity index (χ2v) is 15.5. The van der Waals surface area contributed by atoms with Crippen LogP contribution in [0.5, 0.6) is 5.75 Å². The van der Waals surface area contributed by atoms with Crippen LogP contribution in [0.3, 0.4) is 0 Å². The number of thiazole rings is 1. The van der Waals surface area contributed by atoms with E-state index in [1.54, 1.807) is 17.4 Å². The summed E-state index contributed by atoms with van der Waals surface area (Å²) < 4.78 is 5.80. The van der Waals surface area contributed by atoms with E-state index in [0.29, 0.717) is 49.5 Å². The lowest BCUT2D eigenvalue weighted by Gasteiger charge is -2.35. The maximum absolute atomic E-state index is 14.0. The molecule has 1 fully saturated rings. The molecule has 0 radical (unpaired) electrons. The first-order valence-electron chi connectivity index (χ1n) is 17.4. The molecule has 1 aliphatic heterocycles. The number of aryl methyl sites for hydroxylation is 2. The van der Waals surface area contributed by atoms with Gasteiger partial charge in [-0.15, -0.1) is 11.3 Å². The summed E-state index contributed by atoms with van der Waals surface area (Å²) >= 11 is 8.16. The van der Waals surface area contributed by atoms with Crippen molar-refractivity contribution in [2.45, 2.75) is 104 Å². The van der Waals surface area contributed by atoms with Gasteiger partial charge < -0.3 is 31.1 Å². The Hall–Kier alpha value is -4.00. The van der Waals surface area contributed by atoms with Gasteiger partial charge in [0.1, 0.15) is 17.8 Å². The monoisotopic (exact) mass is 739 g/mol. The predicted molar refractivity (Wildman–Crippen MR) is 199 cm³/mol. The van der Waals surface area contributed by atoms with Crippen molar-refractivity contribution < 1.29 is 29.0 Å². The number of ether oxygens (including phenoxy) is 1. The Morgan fingerprint density at radius 1 is 1.08 bits per heavy atom. The number of halogens is 1. The molecule has 11 nitrogen and oxygen atoms in total. The number of β-amino-alcohol motifs (C(OH)–C–C–N with tert-alkyl or cyclic N) is 1. The van der Waals surface area contributed by atoms with Crippen LogP contribution in [0.4, 0.5) is 0 Å². The molecule has 4 amide bonds. The molecular formula is C38H50ClN5O6S. The number of aliphatic hydroxyl groups excluding tert-OH is 1. The number of unbranched alkanes of at least 4 members (excludes halogenated alkanes) is 1. The number of likely N-dealkylation sites (tertiary alicyclic amines) is 1. The van der Waals surface area contributed by atoms with Crippen molar-refractivity contribution in [3.63, 3.8) is 0 Å². The third-order valence-electron chi connectivity index (χ3n) is 9.03. The lowest BCUT2D eigenvalue weighted by atomic mass is 9.85. The summed E-state index contributed by atoms with van der Waals surface area (Å²) in [4.78, 5) is 58.6. The number of carbonyl (C=O) groups excluding carboxylic acids is 4. The van der Waals surface area contributed by atoms with Crippen LogP contribution in [0, 0.1) is 12.3 Å². The van der Waals surface area contributed by atoms with Crippen molar-refractivity contribution in [2.24, 2.45) is 11.1 Å². The summed E-state index contributed by atoms with van der Waals surface area (Å²) in [7, 11) is 0. The van der Waals surface area contributed by atoms with Crippen LogP contribution in [0.1, 0.15) is 89.1 Å². The lowest BCUT2D eigenvalue weighted by molar-refractivity contribution is -0.144. The quantitative estimate of drug-likeness (QED) is 0.141. The van der Waals surface area contributed by atoms with Crippen LogP contribution >= 0.6 is 22.9 Å². The Bertz CT molecular complexity index is 1670. The van der Waals surface area contributed by atoms with Crippen LogP contribution in [-0.4, -0.2) is 70.0 Å². The summed E-state index contributed by atoms with van der Waals surface area (Å²) in [6, 6.07) is 11.3. The number of primary amides is 1. The van der Waals surface area contributed by atoms with Gasteiger partial charge in [0.05, 0.1) is 39.9 Å². The van der Waals surface area contributed by atoms with E-state index in [-0.39, 0.29) is 43.1 Å². The van der Waals surface area contributed by atoms with E-state index in [4.69, 9.17) is 22.1 Å². The maximum Gasteiger partial charge on any atom is 0.246 e. The minimum Gasteiger partial charge on any atom is -0.492 e. The van der Waals surface area contributed by atoms with Gasteiger partial charge in [-0.25, -0.2) is 4.98 Å². The molecule has 0 unspecified atom stereocenters. The minimum atomic E-state index is -0.916. The summed E-state index contributed by atoms with van der Waals surface area (Å²) in [5.41, 5.74) is 10.1. The normalized spacial score (nSPS) is 17.1. The smallest absolute Gasteiger partial charge is 0.246 e. The van der Waals surface area contributed by atoms with Gasteiger partial charge in [0, 0.05) is 25.8 Å². The van der Waals surface area contributed by atoms with Gasteiger partial charge in [-0.3, -0.25) is 19.2 Å². The van der Waals surface area contributed by atoms with Crippen molar-refractivity contribution in [3.8, 4) is 16.2 Å². The van der Waals surface area contributed by atoms with Crippen molar-refractivity contribution in [1.29, 1.82) is 0 Å². The number of nitrogens with one attached hydrogen (secondary N) is 2. The fraction of sp³-hybridized carbons (Fsp3) is 0.500. The van der Waals surface area contributed by atoms with Crippen LogP contribution in [0.2, 0.25) is 5.02 Å². The van der Waals surface area contributed by atoms with Gasteiger partial charge in [0.2, 0.25) is 23.6 Å². The molecule has 276 valence electrons. The molecule has 0 saturated carbocycles. The third-order valence-corrected chi connectivity index (χ3v) is 10.4. The second kappa shape index (κ2) is 18.0. The zero-order chi connectivity index (χ0) is 37.3. The molecule has 0 spiro atoms. The average Bonchev–Trinajstić information content (AvgIpc) is 3.69. The molecule has 4 rings (SSSR count). The van der Waals surface area contributed by atoms with Crippen molar-refractivity contribution in [1.82, 2.24) is 20.5 Å². The molecule has 1 aliphatic rings. The highest BCUT2D eigenvalue weighted by Crippen LogP contribution is 2.31. The number of rotatable bonds is 16. The summed E-state index contributed by atoms with van der Waals surface area (Å²) in [6.45, 7) is 9.82. The zero-order valence-electron chi connectivity index (χ0n) is 30.0. The summed E-state index contributed by atoms with van der Waals surface area (Å²) in [5, 5.41) is 17.0. The minimum absolute atomic E-state index is 0.00129. The Morgan fingerprint density at radius 3 is 2.45 bits per heavy atom. The summed E-state index contributed by atoms with van der Waals surface area (Å²) in [5.74, 6) is -0.870. The topological polar surface area (TPSA) is 164 Å². The highest BCUT2D eigenvalue weighted by atomic mass is 35.5. The number of aliphatic hydroxyl groups is 1. The third kappa shape index (κ3) is 11.0. The lowest BCUT2D eigenvalue weighted by Crippen LogP contribution is -2.57. The Kier molecular flexibility index (Phi) is 14.0. The van der Waals surface area contributed by atoms with Crippen LogP contribution in [-0.2, 0) is 25.6 Å². The fourth-order valence-electron chi connectivity index (χ4n) is 6.13. The highest BCUT2D eigenvalue weighted by Gasteiger charge is 2.44. The first-order chi connectivity index (χ1) is 24.1. The van der Waals surface area contributed by atoms with Gasteiger partial charge in [0.15, 0.2) is 0 Å². The van der Waals surface area contributed by atoms with Gasteiger partial charge in [-0.1, -0.05) is 68.8 Å². The molecule has 13 heteroatoms. The number of hydrogen-bond acceptors (Lipinski definition) is 8. The highest BCUT2D eigenvalue weighted by molar-refractivity contribution is 7.13. The van der Waals surface area contributed by atoms with Crippen LogP contribution in [0.15, 0.2) is 48.0 Å². The Morgan fingerprint density at radius 2 is 1.80 bits per heavy atom. The summed E-state index contributed by atoms with van der Waals surface area (Å²) in [6.07, 6.45) is 2.01. The zero-order valence-corrected chi connectivity index (χ0v) is 31.6. The van der Waals surface area contributed by atoms with E-state index < -0.39 is 29.5 Å². The Balaban J connectivity index is 1.33. The number of aromatic nitrogens is 1. The van der Waals surface area contributed by atoms with Gasteiger partial charge >= 0.3 is 0 Å². The van der Waals surface area contributed by atoms with E-state index in [1.807, 2.05) is 76.5 Å². The predicted octanol–water partition coefficient (Wildman–Crippen LogP) is 5.50. The van der Waals surface area contributed by atoms with Crippen molar-refractivity contribution in [3.05, 3.63) is 69.8 Å². The van der Waals surface area contributed by atoms with E-state index in [0.717, 1.165) is 27.3 Å². The molecule has 2 aromatic carbocycles. The Labute approximate surface area is 309 Å². The van der Waals surface area contributed by atoms with E-state index in [2.05, 4.69) is 15.6 Å². The number of carbonyl (C=O) groups is 4. The molecule has 51 heavy (non-hydrogen) atoms. The van der Waals surface area contributed by atoms with Crippen LogP contribution < -0.4 is 21.1 Å². The molecule has 0 bridgehead atoms. The molecule has 3 aromatic rings. The van der Waals surface area contributed by atoms with Gasteiger partial charge in [-0.2, -0.15) is 0 Å². The van der Waals surface area contributed by atoms with Crippen molar-refractivity contribution in [2.75, 3.05) is 13.2 Å². The number of amides is 4. The first kappa shape index (κ1) is 39.8. The first-order valence-corrected chi connectivity index (χ1v) is 18.7. The standard InChI is InChI=1S/C38H50ClN5O6S/c1-23(25-15-17-27(18-16-25)34-24(2)41-22-51-34)42-36(48)29-20-28(45)21-44(29)37(49)35(38(3,4)5)43-32(47)14-9-11-26-10-8-12-30(33(26)39)50-19-7-6-13-31(40)46/h8,10,12,15-18,22-23,28-29,35,45H,6-7,9,11,13-14,19-21H2,1-5H3,(H2,40,46)(H,42,48)(H,43,47)/t23-,28+,29-,35+/m0/s1. The number of nitrogens with zero attached hydrogens (tertiary/aromatic N) is 2. The van der Waals surface area contributed by atoms with Gasteiger partial charge in [-0.05, 0) is 67.7 Å². The number of benzene rings is 2. The van der Waals surface area contributed by atoms with E-state index in [9.17, 15) is 24.3 Å². The largest absolute Gasteiger partial charge is 0.492 e. The van der Waals surface area contributed by atoms with Crippen molar-refractivity contribution >= 4 is 46.6 Å². The average molecular weight is 740 g/mol. The second-order valence-electron chi connectivity index (χ2n) is 14.2. The molecule has 2 heterocycles. The maximum atomic E-state index is 14.0. The molecule has 4 atom stereocenters. The molecule has 0 aliphatic carbocycles. The van der Waals surface area contributed by atoms with E-state index >= 15 is 0 Å². The fourth-order valence-corrected chi connectivity index (χ4v) is 7.22. The SMILES string of the molecule is Cc1ncsc1-c1ccc([C@H](C)NC(=O)[C@@H]2C[C@@H](O)CN2C(=O)[C@@H](NC(=O)CCCc2cccc(OCCCCC(N)=O)c2Cl)C(C)(C)C)cc1. The van der Waals surface area contributed by atoms with E-state index in [1.165, 1.54) is 4.90 Å². The number of hydrogen-bond donors (Lipinski definition) is 4. The van der Waals surface area contributed by atoms with Gasteiger partial charge in [0.25, 0.3) is 0 Å². The van der Waals surface area contributed by atoms with Crippen LogP contribution in [0.25, 0.3) is 10.4 Å². The molecule has 1 aromatic heterocycles. The molecule has 5 N–H and O–H groups in total. The number of nitrogens with two attached hydrogens (primary N) is 1.